The van der Waals surface area contributed by atoms with E-state index < -0.39 is 6.10 Å². The fourth-order valence-electron chi connectivity index (χ4n) is 0.951. The van der Waals surface area contributed by atoms with Gasteiger partial charge in [0.25, 0.3) is 0 Å². The third kappa shape index (κ3) is 2.64. The molecule has 1 saturated heterocycles. The van der Waals surface area contributed by atoms with Crippen molar-refractivity contribution in [2.45, 2.75) is 6.10 Å². The van der Waals surface area contributed by atoms with E-state index >= 15 is 0 Å². The lowest BCUT2D eigenvalue weighted by Gasteiger charge is -2.21. The van der Waals surface area contributed by atoms with E-state index in [4.69, 9.17) is 9.47 Å². The van der Waals surface area contributed by atoms with Crippen molar-refractivity contribution in [3.05, 3.63) is 12.7 Å². The molecule has 1 unspecified atom stereocenters. The van der Waals surface area contributed by atoms with E-state index in [0.29, 0.717) is 13.2 Å². The lowest BCUT2D eigenvalue weighted by Crippen LogP contribution is -2.43. The van der Waals surface area contributed by atoms with Crippen molar-refractivity contribution in [2.75, 3.05) is 26.3 Å². The zero-order valence-electron chi connectivity index (χ0n) is 6.91. The van der Waals surface area contributed by atoms with Crippen molar-refractivity contribution >= 4 is 5.97 Å². The van der Waals surface area contributed by atoms with Gasteiger partial charge in [0.2, 0.25) is 0 Å². The first kappa shape index (κ1) is 9.22. The molecule has 12 heavy (non-hydrogen) atoms. The van der Waals surface area contributed by atoms with Crippen LogP contribution in [-0.2, 0) is 14.3 Å². The van der Waals surface area contributed by atoms with E-state index in [9.17, 15) is 4.79 Å². The summed E-state index contributed by atoms with van der Waals surface area (Å²) >= 11 is 0. The Balaban J connectivity index is 2.24. The summed E-state index contributed by atoms with van der Waals surface area (Å²) in [7, 11) is 0. The summed E-state index contributed by atoms with van der Waals surface area (Å²) in [6.45, 7) is 5.59. The summed E-state index contributed by atoms with van der Waals surface area (Å²) < 4.78 is 9.97. The predicted octanol–water partition coefficient (Wildman–Crippen LogP) is -0.296. The number of carbonyl (C=O) groups is 1. The quantitative estimate of drug-likeness (QED) is 0.468. The number of rotatable bonds is 3. The van der Waals surface area contributed by atoms with Gasteiger partial charge >= 0.3 is 5.97 Å². The van der Waals surface area contributed by atoms with Crippen LogP contribution in [0.2, 0.25) is 0 Å². The second kappa shape index (κ2) is 4.90. The molecule has 1 rings (SSSR count). The predicted molar refractivity (Wildman–Crippen MR) is 43.8 cm³/mol. The van der Waals surface area contributed by atoms with E-state index in [2.05, 4.69) is 11.9 Å². The van der Waals surface area contributed by atoms with Gasteiger partial charge in [0.05, 0.1) is 6.61 Å². The molecule has 4 heteroatoms. The highest BCUT2D eigenvalue weighted by atomic mass is 16.6. The van der Waals surface area contributed by atoms with Crippen LogP contribution in [0.4, 0.5) is 0 Å². The molecule has 1 fully saturated rings. The normalized spacial score (nSPS) is 23.2. The van der Waals surface area contributed by atoms with Crippen molar-refractivity contribution in [2.24, 2.45) is 0 Å². The average Bonchev–Trinajstić information content (AvgIpc) is 2.15. The van der Waals surface area contributed by atoms with Gasteiger partial charge in [-0.15, -0.1) is 0 Å². The summed E-state index contributed by atoms with van der Waals surface area (Å²) in [5.41, 5.74) is 0. The van der Waals surface area contributed by atoms with Gasteiger partial charge in [0.15, 0.2) is 6.10 Å². The van der Waals surface area contributed by atoms with E-state index in [-0.39, 0.29) is 12.6 Å². The fourth-order valence-corrected chi connectivity index (χ4v) is 0.951. The van der Waals surface area contributed by atoms with Crippen LogP contribution >= 0.6 is 0 Å². The first-order chi connectivity index (χ1) is 5.84. The molecule has 0 bridgehead atoms. The Hall–Kier alpha value is -0.870. The van der Waals surface area contributed by atoms with Crippen molar-refractivity contribution < 1.29 is 14.3 Å². The van der Waals surface area contributed by atoms with Gasteiger partial charge < -0.3 is 14.8 Å². The highest BCUT2D eigenvalue weighted by Crippen LogP contribution is 1.98. The van der Waals surface area contributed by atoms with Crippen LogP contribution in [0.15, 0.2) is 12.7 Å². The number of esters is 1. The fraction of sp³-hybridized carbons (Fsp3) is 0.625. The minimum Gasteiger partial charge on any atom is -0.460 e. The third-order valence-corrected chi connectivity index (χ3v) is 1.53. The Morgan fingerprint density at radius 3 is 3.25 bits per heavy atom. The van der Waals surface area contributed by atoms with Crippen LogP contribution in [-0.4, -0.2) is 38.4 Å². The van der Waals surface area contributed by atoms with Gasteiger partial charge in [-0.25, -0.2) is 4.79 Å². The lowest BCUT2D eigenvalue weighted by molar-refractivity contribution is -0.157. The Kier molecular flexibility index (Phi) is 3.76. The number of carbonyl (C=O) groups excluding carboxylic acids is 1. The van der Waals surface area contributed by atoms with E-state index in [1.807, 2.05) is 0 Å². The summed E-state index contributed by atoms with van der Waals surface area (Å²) in [5.74, 6) is -0.317. The van der Waals surface area contributed by atoms with Crippen molar-refractivity contribution in [3.8, 4) is 0 Å². The summed E-state index contributed by atoms with van der Waals surface area (Å²) in [6.07, 6.45) is 1.09. The molecular formula is C8H13NO3. The smallest absolute Gasteiger partial charge is 0.336 e. The van der Waals surface area contributed by atoms with E-state index in [1.54, 1.807) is 0 Å². The molecule has 68 valence electrons. The average molecular weight is 171 g/mol. The molecule has 1 aliphatic rings. The summed E-state index contributed by atoms with van der Waals surface area (Å²) in [4.78, 5) is 11.1. The van der Waals surface area contributed by atoms with Crippen LogP contribution in [0.5, 0.6) is 0 Å². The highest BCUT2D eigenvalue weighted by Gasteiger charge is 2.22. The Morgan fingerprint density at radius 1 is 1.83 bits per heavy atom. The lowest BCUT2D eigenvalue weighted by atomic mass is 10.3. The second-order valence-corrected chi connectivity index (χ2v) is 2.48. The monoisotopic (exact) mass is 171 g/mol. The Labute approximate surface area is 71.5 Å². The van der Waals surface area contributed by atoms with Gasteiger partial charge in [-0.1, -0.05) is 12.7 Å². The molecular weight excluding hydrogens is 158 g/mol. The van der Waals surface area contributed by atoms with Gasteiger partial charge in [-0.05, 0) is 0 Å². The van der Waals surface area contributed by atoms with Gasteiger partial charge in [-0.2, -0.15) is 0 Å². The molecule has 0 aromatic rings. The first-order valence-corrected chi connectivity index (χ1v) is 3.94. The maximum Gasteiger partial charge on any atom is 0.336 e. The molecule has 4 nitrogen and oxygen atoms in total. The SMILES string of the molecule is C=CCOC(=O)C1CNCCO1. The molecule has 0 amide bonds. The van der Waals surface area contributed by atoms with E-state index in [0.717, 1.165) is 6.54 Å². The zero-order valence-corrected chi connectivity index (χ0v) is 6.91. The minimum atomic E-state index is -0.446. The number of hydrogen-bond acceptors (Lipinski definition) is 4. The molecule has 1 atom stereocenters. The summed E-state index contributed by atoms with van der Waals surface area (Å²) in [5, 5.41) is 3.04. The zero-order chi connectivity index (χ0) is 8.81. The topological polar surface area (TPSA) is 47.6 Å². The highest BCUT2D eigenvalue weighted by molar-refractivity contribution is 5.75. The van der Waals surface area contributed by atoms with Gasteiger partial charge in [-0.3, -0.25) is 0 Å². The molecule has 1 heterocycles. The minimum absolute atomic E-state index is 0.249. The maximum atomic E-state index is 11.1. The number of hydrogen-bond donors (Lipinski definition) is 1. The maximum absolute atomic E-state index is 11.1. The molecule has 1 aliphatic heterocycles. The van der Waals surface area contributed by atoms with Crippen LogP contribution in [0.3, 0.4) is 0 Å². The van der Waals surface area contributed by atoms with Crippen LogP contribution in [0.1, 0.15) is 0 Å². The number of morpholine rings is 1. The van der Waals surface area contributed by atoms with Gasteiger partial charge in [0.1, 0.15) is 6.61 Å². The summed E-state index contributed by atoms with van der Waals surface area (Å²) in [6, 6.07) is 0. The molecule has 0 radical (unpaired) electrons. The first-order valence-electron chi connectivity index (χ1n) is 3.94. The standard InChI is InChI=1S/C8H13NO3/c1-2-4-12-8(10)7-6-9-3-5-11-7/h2,7,9H,1,3-6H2. The molecule has 0 spiro atoms. The van der Waals surface area contributed by atoms with Crippen molar-refractivity contribution in [1.29, 1.82) is 0 Å². The van der Waals surface area contributed by atoms with Gasteiger partial charge in [0, 0.05) is 13.1 Å². The number of nitrogens with one attached hydrogen (secondary N) is 1. The number of ether oxygens (including phenoxy) is 2. The van der Waals surface area contributed by atoms with Crippen LogP contribution in [0, 0.1) is 0 Å². The Morgan fingerprint density at radius 2 is 2.67 bits per heavy atom. The van der Waals surface area contributed by atoms with Crippen LogP contribution < -0.4 is 5.32 Å². The molecule has 1 N–H and O–H groups in total. The molecule has 0 saturated carbocycles. The Bertz CT molecular complexity index is 164. The van der Waals surface area contributed by atoms with Crippen molar-refractivity contribution in [3.63, 3.8) is 0 Å². The largest absolute Gasteiger partial charge is 0.460 e. The van der Waals surface area contributed by atoms with Crippen LogP contribution in [0.25, 0.3) is 0 Å². The van der Waals surface area contributed by atoms with Crippen molar-refractivity contribution in [1.82, 2.24) is 5.32 Å². The molecule has 0 aromatic heterocycles. The van der Waals surface area contributed by atoms with E-state index in [1.165, 1.54) is 6.08 Å². The second-order valence-electron chi connectivity index (χ2n) is 2.48. The molecule has 0 aromatic carbocycles. The molecule has 0 aliphatic carbocycles. The third-order valence-electron chi connectivity index (χ3n) is 1.53.